The lowest BCUT2D eigenvalue weighted by molar-refractivity contribution is 0.0664. The summed E-state index contributed by atoms with van der Waals surface area (Å²) in [5.41, 5.74) is 2.97. The van der Waals surface area contributed by atoms with Gasteiger partial charge in [-0.3, -0.25) is 4.79 Å². The van der Waals surface area contributed by atoms with E-state index in [1.54, 1.807) is 0 Å². The molecule has 0 unspecified atom stereocenters. The van der Waals surface area contributed by atoms with Gasteiger partial charge in [-0.25, -0.2) is 0 Å². The predicted octanol–water partition coefficient (Wildman–Crippen LogP) is 2.59. The lowest BCUT2D eigenvalue weighted by Gasteiger charge is -2.32. The Labute approximate surface area is 128 Å². The van der Waals surface area contributed by atoms with Crippen molar-refractivity contribution in [1.29, 1.82) is 0 Å². The van der Waals surface area contributed by atoms with Gasteiger partial charge in [0.1, 0.15) is 0 Å². The summed E-state index contributed by atoms with van der Waals surface area (Å²) in [6.45, 7) is 12.0. The van der Waals surface area contributed by atoms with Crippen LogP contribution in [0.2, 0.25) is 0 Å². The van der Waals surface area contributed by atoms with Crippen LogP contribution in [0.3, 0.4) is 0 Å². The Kier molecular flexibility index (Phi) is 4.57. The number of nitrogens with zero attached hydrogens (tertiary/aromatic N) is 2. The number of aryl methyl sites for hydroxylation is 1. The normalized spacial score (nSPS) is 16.9. The Balaban J connectivity index is 2.16. The second-order valence-electron chi connectivity index (χ2n) is 7.00. The third-order valence-electron chi connectivity index (χ3n) is 3.78. The molecule has 1 heterocycles. The van der Waals surface area contributed by atoms with Crippen molar-refractivity contribution in [1.82, 2.24) is 9.80 Å². The van der Waals surface area contributed by atoms with Crippen LogP contribution in [0.15, 0.2) is 18.2 Å². The molecule has 0 spiro atoms. The second kappa shape index (κ2) is 6.06. The highest BCUT2D eigenvalue weighted by Gasteiger charge is 2.21. The molecule has 21 heavy (non-hydrogen) atoms. The Bertz CT molecular complexity index is 511. The van der Waals surface area contributed by atoms with Crippen LogP contribution in [0.5, 0.6) is 0 Å². The topological polar surface area (TPSA) is 35.6 Å². The minimum Gasteiger partial charge on any atom is -0.380 e. The molecule has 0 aromatic heterocycles. The van der Waals surface area contributed by atoms with Crippen LogP contribution >= 0.6 is 0 Å². The second-order valence-corrected chi connectivity index (χ2v) is 7.00. The molecule has 2 rings (SSSR count). The monoisotopic (exact) mass is 289 g/mol. The largest absolute Gasteiger partial charge is 0.380 e. The van der Waals surface area contributed by atoms with Crippen molar-refractivity contribution in [2.24, 2.45) is 0 Å². The van der Waals surface area contributed by atoms with E-state index < -0.39 is 0 Å². The number of anilines is 1. The summed E-state index contributed by atoms with van der Waals surface area (Å²) >= 11 is 0. The van der Waals surface area contributed by atoms with Gasteiger partial charge in [-0.15, -0.1) is 0 Å². The fourth-order valence-corrected chi connectivity index (χ4v) is 2.49. The highest BCUT2D eigenvalue weighted by Crippen LogP contribution is 2.22. The Morgan fingerprint density at radius 2 is 1.76 bits per heavy atom. The van der Waals surface area contributed by atoms with E-state index in [2.05, 4.69) is 45.0 Å². The van der Waals surface area contributed by atoms with Crippen molar-refractivity contribution in [3.63, 3.8) is 0 Å². The first kappa shape index (κ1) is 15.8. The Morgan fingerprint density at radius 1 is 1.14 bits per heavy atom. The van der Waals surface area contributed by atoms with Crippen LogP contribution in [0.1, 0.15) is 36.7 Å². The van der Waals surface area contributed by atoms with Crippen LogP contribution in [-0.4, -0.2) is 54.5 Å². The summed E-state index contributed by atoms with van der Waals surface area (Å²) in [4.78, 5) is 16.8. The molecular formula is C17H27N3O. The van der Waals surface area contributed by atoms with Crippen molar-refractivity contribution >= 4 is 11.6 Å². The molecule has 1 aliphatic rings. The molecule has 4 heteroatoms. The van der Waals surface area contributed by atoms with Gasteiger partial charge in [-0.1, -0.05) is 6.07 Å². The third kappa shape index (κ3) is 4.21. The zero-order valence-corrected chi connectivity index (χ0v) is 13.9. The first-order valence-corrected chi connectivity index (χ1v) is 7.63. The third-order valence-corrected chi connectivity index (χ3v) is 3.78. The number of nitrogens with one attached hydrogen (secondary N) is 1. The first-order valence-electron chi connectivity index (χ1n) is 7.63. The molecular weight excluding hydrogens is 262 g/mol. The lowest BCUT2D eigenvalue weighted by Crippen LogP contribution is -2.47. The van der Waals surface area contributed by atoms with E-state index >= 15 is 0 Å². The summed E-state index contributed by atoms with van der Waals surface area (Å²) in [5.74, 6) is 0.139. The van der Waals surface area contributed by atoms with Gasteiger partial charge in [0.2, 0.25) is 0 Å². The van der Waals surface area contributed by atoms with Crippen molar-refractivity contribution in [3.05, 3.63) is 29.3 Å². The van der Waals surface area contributed by atoms with Gasteiger partial charge in [-0.05, 0) is 52.4 Å². The first-order chi connectivity index (χ1) is 9.76. The van der Waals surface area contributed by atoms with Gasteiger partial charge < -0.3 is 15.1 Å². The molecule has 116 valence electrons. The molecule has 0 radical (unpaired) electrons. The highest BCUT2D eigenvalue weighted by atomic mass is 16.2. The van der Waals surface area contributed by atoms with Crippen LogP contribution in [0.4, 0.5) is 5.69 Å². The minimum atomic E-state index is -0.0136. The van der Waals surface area contributed by atoms with Crippen molar-refractivity contribution in [3.8, 4) is 0 Å². The summed E-state index contributed by atoms with van der Waals surface area (Å²) in [7, 11) is 2.10. The molecule has 1 fully saturated rings. The number of hydrogen-bond acceptors (Lipinski definition) is 3. The van der Waals surface area contributed by atoms with E-state index in [1.165, 1.54) is 5.56 Å². The number of likely N-dealkylation sites (N-methyl/N-ethyl adjacent to an activating group) is 1. The molecule has 1 aromatic carbocycles. The predicted molar refractivity (Wildman–Crippen MR) is 88.0 cm³/mol. The quantitative estimate of drug-likeness (QED) is 0.909. The van der Waals surface area contributed by atoms with Crippen LogP contribution in [0, 0.1) is 6.92 Å². The van der Waals surface area contributed by atoms with E-state index in [0.29, 0.717) is 0 Å². The van der Waals surface area contributed by atoms with E-state index in [1.807, 2.05) is 23.1 Å². The van der Waals surface area contributed by atoms with Gasteiger partial charge in [0.05, 0.1) is 0 Å². The summed E-state index contributed by atoms with van der Waals surface area (Å²) in [6.07, 6.45) is 0. The molecule has 0 aliphatic carbocycles. The Hall–Kier alpha value is -1.55. The smallest absolute Gasteiger partial charge is 0.254 e. The van der Waals surface area contributed by atoms with Gasteiger partial charge in [0.25, 0.3) is 5.91 Å². The molecule has 4 nitrogen and oxygen atoms in total. The molecule has 1 N–H and O–H groups in total. The van der Waals surface area contributed by atoms with Gasteiger partial charge >= 0.3 is 0 Å². The van der Waals surface area contributed by atoms with Crippen LogP contribution in [0.25, 0.3) is 0 Å². The molecule has 1 aliphatic heterocycles. The summed E-state index contributed by atoms with van der Waals surface area (Å²) < 4.78 is 0. The molecule has 0 saturated carbocycles. The summed E-state index contributed by atoms with van der Waals surface area (Å²) in [6, 6.07) is 5.95. The summed E-state index contributed by atoms with van der Waals surface area (Å²) in [5, 5.41) is 3.48. The highest BCUT2D eigenvalue weighted by molar-refractivity contribution is 5.95. The Morgan fingerprint density at radius 3 is 2.33 bits per heavy atom. The average Bonchev–Trinajstić information content (AvgIpc) is 2.40. The van der Waals surface area contributed by atoms with Crippen molar-refractivity contribution in [2.45, 2.75) is 33.2 Å². The molecule has 1 amide bonds. The number of carbonyl (C=O) groups excluding carboxylic acids is 1. The zero-order chi connectivity index (χ0) is 15.6. The van der Waals surface area contributed by atoms with E-state index in [-0.39, 0.29) is 11.4 Å². The lowest BCUT2D eigenvalue weighted by atomic mass is 10.0. The van der Waals surface area contributed by atoms with E-state index in [0.717, 1.165) is 37.4 Å². The van der Waals surface area contributed by atoms with Gasteiger partial charge in [0.15, 0.2) is 0 Å². The number of piperazine rings is 1. The fraction of sp³-hybridized carbons (Fsp3) is 0.588. The maximum absolute atomic E-state index is 12.6. The molecule has 0 bridgehead atoms. The number of benzene rings is 1. The van der Waals surface area contributed by atoms with Gasteiger partial charge in [0, 0.05) is 43.0 Å². The standard InChI is InChI=1S/C17H27N3O/c1-13-6-7-14(12-15(13)18-17(2,3)4)16(21)20-10-8-19(5)9-11-20/h6-7,12,18H,8-11H2,1-5H3. The number of amides is 1. The van der Waals surface area contributed by atoms with Crippen LogP contribution < -0.4 is 5.32 Å². The van der Waals surface area contributed by atoms with Crippen molar-refractivity contribution < 1.29 is 4.79 Å². The fourth-order valence-electron chi connectivity index (χ4n) is 2.49. The van der Waals surface area contributed by atoms with E-state index in [4.69, 9.17) is 0 Å². The average molecular weight is 289 g/mol. The zero-order valence-electron chi connectivity index (χ0n) is 13.9. The maximum Gasteiger partial charge on any atom is 0.254 e. The molecule has 0 atom stereocenters. The van der Waals surface area contributed by atoms with E-state index in [9.17, 15) is 4.79 Å². The van der Waals surface area contributed by atoms with Crippen molar-refractivity contribution in [2.75, 3.05) is 38.5 Å². The number of hydrogen-bond donors (Lipinski definition) is 1. The number of carbonyl (C=O) groups is 1. The maximum atomic E-state index is 12.6. The SMILES string of the molecule is Cc1ccc(C(=O)N2CCN(C)CC2)cc1NC(C)(C)C. The molecule has 1 saturated heterocycles. The van der Waals surface area contributed by atoms with Crippen LogP contribution in [-0.2, 0) is 0 Å². The van der Waals surface area contributed by atoms with Gasteiger partial charge in [-0.2, -0.15) is 0 Å². The molecule has 1 aromatic rings. The number of rotatable bonds is 2. The minimum absolute atomic E-state index is 0.0136.